The van der Waals surface area contributed by atoms with Crippen LogP contribution in [-0.4, -0.2) is 22.0 Å². The zero-order valence-corrected chi connectivity index (χ0v) is 13.8. The molecule has 1 aromatic heterocycles. The Bertz CT molecular complexity index is 793. The smallest absolute Gasteiger partial charge is 0.261 e. The Balaban J connectivity index is 2.00. The number of hydrogen-bond acceptors (Lipinski definition) is 3. The van der Waals surface area contributed by atoms with Gasteiger partial charge in [-0.25, -0.2) is 4.98 Å². The number of benzene rings is 1. The van der Waals surface area contributed by atoms with Gasteiger partial charge in [0.05, 0.1) is 10.9 Å². The molecule has 5 nitrogen and oxygen atoms in total. The molecule has 2 aromatic rings. The second-order valence-electron chi connectivity index (χ2n) is 6.63. The third-order valence-corrected chi connectivity index (χ3v) is 4.25. The van der Waals surface area contributed by atoms with Crippen molar-refractivity contribution in [2.75, 3.05) is 6.54 Å². The van der Waals surface area contributed by atoms with Crippen LogP contribution in [0.2, 0.25) is 0 Å². The molecule has 0 bridgehead atoms. The summed E-state index contributed by atoms with van der Waals surface area (Å²) in [5.74, 6) is 1.13. The molecule has 0 saturated carbocycles. The number of carbonyl (C=O) groups is 1. The third-order valence-electron chi connectivity index (χ3n) is 4.25. The minimum atomic E-state index is -0.113. The van der Waals surface area contributed by atoms with E-state index in [0.717, 1.165) is 38.1 Å². The SMILES string of the molecule is CC(C)CNC(=O)c1ccc2c(=O)n3c(nc2c1)CCCCC3. The van der Waals surface area contributed by atoms with Crippen LogP contribution in [0, 0.1) is 5.92 Å². The van der Waals surface area contributed by atoms with E-state index in [0.29, 0.717) is 28.9 Å². The van der Waals surface area contributed by atoms with Crippen molar-refractivity contribution < 1.29 is 4.79 Å². The third kappa shape index (κ3) is 3.28. The fourth-order valence-corrected chi connectivity index (χ4v) is 2.96. The van der Waals surface area contributed by atoms with Gasteiger partial charge in [0.1, 0.15) is 5.82 Å². The first-order valence-electron chi connectivity index (χ1n) is 8.38. The number of aryl methyl sites for hydroxylation is 1. The van der Waals surface area contributed by atoms with Gasteiger partial charge >= 0.3 is 0 Å². The fraction of sp³-hybridized carbons (Fsp3) is 0.500. The molecule has 0 unspecified atom stereocenters. The van der Waals surface area contributed by atoms with Gasteiger partial charge < -0.3 is 5.32 Å². The van der Waals surface area contributed by atoms with Crippen LogP contribution in [0.1, 0.15) is 49.3 Å². The summed E-state index contributed by atoms with van der Waals surface area (Å²) >= 11 is 0. The molecule has 0 fully saturated rings. The van der Waals surface area contributed by atoms with Gasteiger partial charge in [-0.3, -0.25) is 14.2 Å². The first-order chi connectivity index (χ1) is 11.1. The summed E-state index contributed by atoms with van der Waals surface area (Å²) in [4.78, 5) is 29.5. The topological polar surface area (TPSA) is 64.0 Å². The number of aromatic nitrogens is 2. The normalized spacial score (nSPS) is 14.6. The van der Waals surface area contributed by atoms with Crippen LogP contribution >= 0.6 is 0 Å². The first kappa shape index (κ1) is 15.7. The Morgan fingerprint density at radius 2 is 2.13 bits per heavy atom. The van der Waals surface area contributed by atoms with Crippen LogP contribution in [0.5, 0.6) is 0 Å². The van der Waals surface area contributed by atoms with E-state index in [1.807, 2.05) is 0 Å². The van der Waals surface area contributed by atoms with Crippen molar-refractivity contribution in [1.29, 1.82) is 0 Å². The van der Waals surface area contributed by atoms with Crippen LogP contribution in [0.25, 0.3) is 10.9 Å². The molecule has 1 aromatic carbocycles. The van der Waals surface area contributed by atoms with Crippen LogP contribution in [0.3, 0.4) is 0 Å². The number of nitrogens with one attached hydrogen (secondary N) is 1. The number of amides is 1. The maximum atomic E-state index is 12.6. The molecule has 122 valence electrons. The molecule has 2 heterocycles. The Morgan fingerprint density at radius 1 is 1.30 bits per heavy atom. The maximum Gasteiger partial charge on any atom is 0.261 e. The summed E-state index contributed by atoms with van der Waals surface area (Å²) in [6.45, 7) is 5.49. The highest BCUT2D eigenvalue weighted by Crippen LogP contribution is 2.16. The van der Waals surface area contributed by atoms with E-state index in [4.69, 9.17) is 0 Å². The standard InChI is InChI=1S/C18H23N3O2/c1-12(2)11-19-17(22)13-7-8-14-15(10-13)20-16-6-4-3-5-9-21(16)18(14)23/h7-8,10,12H,3-6,9,11H2,1-2H3,(H,19,22). The van der Waals surface area contributed by atoms with Gasteiger partial charge in [0.25, 0.3) is 11.5 Å². The highest BCUT2D eigenvalue weighted by molar-refractivity contribution is 5.97. The molecular formula is C18H23N3O2. The summed E-state index contributed by atoms with van der Waals surface area (Å²) in [5, 5.41) is 3.49. The van der Waals surface area contributed by atoms with E-state index in [-0.39, 0.29) is 11.5 Å². The van der Waals surface area contributed by atoms with Gasteiger partial charge in [0, 0.05) is 25.1 Å². The van der Waals surface area contributed by atoms with Crippen molar-refractivity contribution in [2.45, 2.75) is 46.1 Å². The molecule has 0 atom stereocenters. The van der Waals surface area contributed by atoms with Gasteiger partial charge in [-0.2, -0.15) is 0 Å². The Hall–Kier alpha value is -2.17. The highest BCUT2D eigenvalue weighted by atomic mass is 16.1. The second-order valence-corrected chi connectivity index (χ2v) is 6.63. The van der Waals surface area contributed by atoms with E-state index in [2.05, 4.69) is 24.1 Å². The minimum absolute atomic E-state index is 0.0149. The van der Waals surface area contributed by atoms with Crippen molar-refractivity contribution in [3.8, 4) is 0 Å². The quantitative estimate of drug-likeness (QED) is 0.947. The van der Waals surface area contributed by atoms with Gasteiger partial charge in [0.15, 0.2) is 0 Å². The maximum absolute atomic E-state index is 12.6. The zero-order valence-electron chi connectivity index (χ0n) is 13.8. The van der Waals surface area contributed by atoms with E-state index < -0.39 is 0 Å². The molecule has 1 N–H and O–H groups in total. The molecule has 0 saturated heterocycles. The highest BCUT2D eigenvalue weighted by Gasteiger charge is 2.15. The molecule has 1 amide bonds. The summed E-state index contributed by atoms with van der Waals surface area (Å²) < 4.78 is 1.80. The number of carbonyl (C=O) groups excluding carboxylic acids is 1. The minimum Gasteiger partial charge on any atom is -0.352 e. The van der Waals surface area contributed by atoms with Crippen molar-refractivity contribution in [3.63, 3.8) is 0 Å². The lowest BCUT2D eigenvalue weighted by molar-refractivity contribution is 0.0949. The van der Waals surface area contributed by atoms with Gasteiger partial charge in [0.2, 0.25) is 0 Å². The first-order valence-corrected chi connectivity index (χ1v) is 8.38. The average molecular weight is 313 g/mol. The van der Waals surface area contributed by atoms with Gasteiger partial charge in [-0.1, -0.05) is 20.3 Å². The lowest BCUT2D eigenvalue weighted by atomic mass is 10.1. The predicted molar refractivity (Wildman–Crippen MR) is 90.7 cm³/mol. The lowest BCUT2D eigenvalue weighted by Gasteiger charge is -2.11. The van der Waals surface area contributed by atoms with Crippen LogP contribution in [0.4, 0.5) is 0 Å². The van der Waals surface area contributed by atoms with E-state index in [1.54, 1.807) is 22.8 Å². The summed E-state index contributed by atoms with van der Waals surface area (Å²) in [5.41, 5.74) is 1.20. The van der Waals surface area contributed by atoms with Gasteiger partial charge in [-0.05, 0) is 37.0 Å². The molecule has 3 rings (SSSR count). The van der Waals surface area contributed by atoms with Crippen molar-refractivity contribution >= 4 is 16.8 Å². The number of nitrogens with zero attached hydrogens (tertiary/aromatic N) is 2. The molecule has 0 aliphatic carbocycles. The molecule has 0 radical (unpaired) electrons. The second kappa shape index (κ2) is 6.52. The molecule has 5 heteroatoms. The number of fused-ring (bicyclic) bond motifs is 2. The zero-order chi connectivity index (χ0) is 16.4. The summed E-state index contributed by atoms with van der Waals surface area (Å²) in [7, 11) is 0. The predicted octanol–water partition coefficient (Wildman–Crippen LogP) is 2.51. The fourth-order valence-electron chi connectivity index (χ4n) is 2.96. The molecule has 1 aliphatic rings. The Labute approximate surface area is 135 Å². The van der Waals surface area contributed by atoms with Crippen molar-refractivity contribution in [1.82, 2.24) is 14.9 Å². The largest absolute Gasteiger partial charge is 0.352 e. The van der Waals surface area contributed by atoms with Crippen LogP contribution < -0.4 is 10.9 Å². The summed E-state index contributed by atoms with van der Waals surface area (Å²) in [6, 6.07) is 5.18. The number of rotatable bonds is 3. The van der Waals surface area contributed by atoms with E-state index >= 15 is 0 Å². The molecular weight excluding hydrogens is 290 g/mol. The van der Waals surface area contributed by atoms with Gasteiger partial charge in [-0.15, -0.1) is 0 Å². The number of hydrogen-bond donors (Lipinski definition) is 1. The Kier molecular flexibility index (Phi) is 4.46. The molecule has 23 heavy (non-hydrogen) atoms. The molecule has 0 spiro atoms. The molecule has 1 aliphatic heterocycles. The Morgan fingerprint density at radius 3 is 2.91 bits per heavy atom. The average Bonchev–Trinajstić information content (AvgIpc) is 2.77. The lowest BCUT2D eigenvalue weighted by Crippen LogP contribution is -2.28. The van der Waals surface area contributed by atoms with E-state index in [9.17, 15) is 9.59 Å². The van der Waals surface area contributed by atoms with Crippen molar-refractivity contribution in [2.24, 2.45) is 5.92 Å². The monoisotopic (exact) mass is 313 g/mol. The summed E-state index contributed by atoms with van der Waals surface area (Å²) in [6.07, 6.45) is 4.04. The van der Waals surface area contributed by atoms with E-state index in [1.165, 1.54) is 0 Å². The van der Waals surface area contributed by atoms with Crippen LogP contribution in [-0.2, 0) is 13.0 Å². The van der Waals surface area contributed by atoms with Crippen LogP contribution in [0.15, 0.2) is 23.0 Å². The van der Waals surface area contributed by atoms with Crippen molar-refractivity contribution in [3.05, 3.63) is 39.9 Å².